The number of hydrogen-bond acceptors (Lipinski definition) is 4. The summed E-state index contributed by atoms with van der Waals surface area (Å²) in [7, 11) is 0. The predicted molar refractivity (Wildman–Crippen MR) is 77.8 cm³/mol. The number of carbonyl (C=O) groups is 1. The molecular formula is C15H14F3N3O3. The van der Waals surface area contributed by atoms with Crippen LogP contribution in [0.5, 0.6) is 0 Å². The highest BCUT2D eigenvalue weighted by Gasteiger charge is 2.30. The lowest BCUT2D eigenvalue weighted by Crippen LogP contribution is -2.38. The van der Waals surface area contributed by atoms with E-state index in [0.29, 0.717) is 18.9 Å². The van der Waals surface area contributed by atoms with Gasteiger partial charge in [0.1, 0.15) is 0 Å². The average molecular weight is 341 g/mol. The van der Waals surface area contributed by atoms with E-state index in [0.717, 1.165) is 12.1 Å². The summed E-state index contributed by atoms with van der Waals surface area (Å²) < 4.78 is 49.9. The lowest BCUT2D eigenvalue weighted by atomic mass is 10.2. The van der Waals surface area contributed by atoms with Gasteiger partial charge in [0.15, 0.2) is 6.10 Å². The fraction of sp³-hybridized carbons (Fsp3) is 0.333. The molecule has 128 valence electrons. The predicted octanol–water partition coefficient (Wildman–Crippen LogP) is 2.25. The maximum Gasteiger partial charge on any atom is 0.416 e. The van der Waals surface area contributed by atoms with Crippen LogP contribution in [0.1, 0.15) is 5.56 Å². The summed E-state index contributed by atoms with van der Waals surface area (Å²) in [6.07, 6.45) is -2.37. The number of nitrogens with one attached hydrogen (secondary N) is 1. The number of amides is 1. The van der Waals surface area contributed by atoms with Crippen molar-refractivity contribution in [3.63, 3.8) is 0 Å². The third kappa shape index (κ3) is 3.74. The van der Waals surface area contributed by atoms with E-state index in [2.05, 4.69) is 10.4 Å². The molecule has 0 saturated carbocycles. The van der Waals surface area contributed by atoms with Crippen molar-refractivity contribution >= 4 is 11.6 Å². The van der Waals surface area contributed by atoms with Crippen LogP contribution >= 0.6 is 0 Å². The quantitative estimate of drug-likeness (QED) is 0.930. The molecule has 0 spiro atoms. The molecule has 1 unspecified atom stereocenters. The van der Waals surface area contributed by atoms with E-state index in [9.17, 15) is 18.0 Å². The minimum absolute atomic E-state index is 0.160. The summed E-state index contributed by atoms with van der Waals surface area (Å²) in [4.78, 5) is 12.0. The second kappa shape index (κ2) is 6.62. The van der Waals surface area contributed by atoms with Gasteiger partial charge in [-0.05, 0) is 18.2 Å². The number of halogens is 3. The fourth-order valence-electron chi connectivity index (χ4n) is 2.22. The Balaban J connectivity index is 1.72. The smallest absolute Gasteiger partial charge is 0.376 e. The largest absolute Gasteiger partial charge is 0.416 e. The number of benzene rings is 1. The van der Waals surface area contributed by atoms with Crippen molar-refractivity contribution in [3.05, 3.63) is 42.2 Å². The van der Waals surface area contributed by atoms with Crippen molar-refractivity contribution in [2.24, 2.45) is 0 Å². The van der Waals surface area contributed by atoms with Crippen LogP contribution in [0, 0.1) is 0 Å². The van der Waals surface area contributed by atoms with Gasteiger partial charge in [0.05, 0.1) is 49.2 Å². The maximum atomic E-state index is 12.8. The van der Waals surface area contributed by atoms with Gasteiger partial charge in [0.2, 0.25) is 0 Å². The first-order chi connectivity index (χ1) is 11.4. The summed E-state index contributed by atoms with van der Waals surface area (Å²) in [5.74, 6) is -0.390. The number of aromatic nitrogens is 2. The highest BCUT2D eigenvalue weighted by atomic mass is 19.4. The van der Waals surface area contributed by atoms with Crippen molar-refractivity contribution in [1.29, 1.82) is 0 Å². The summed E-state index contributed by atoms with van der Waals surface area (Å²) in [6.45, 7) is 0.937. The molecule has 1 aliphatic rings. The highest BCUT2D eigenvalue weighted by Crippen LogP contribution is 2.30. The van der Waals surface area contributed by atoms with Crippen LogP contribution in [0.15, 0.2) is 36.7 Å². The second-order valence-electron chi connectivity index (χ2n) is 5.15. The number of nitrogens with zero attached hydrogens (tertiary/aromatic N) is 2. The summed E-state index contributed by atoms with van der Waals surface area (Å²) >= 11 is 0. The standard InChI is InChI=1S/C15H14F3N3O3/c16-15(17,18)10-2-1-3-12(6-10)21-8-11(7-19-21)20-14(22)13-9-23-4-5-24-13/h1-3,6-8,13H,4-5,9H2,(H,20,22). The highest BCUT2D eigenvalue weighted by molar-refractivity contribution is 5.94. The van der Waals surface area contributed by atoms with Crippen molar-refractivity contribution < 1.29 is 27.4 Å². The Morgan fingerprint density at radius 3 is 2.88 bits per heavy atom. The van der Waals surface area contributed by atoms with Crippen LogP contribution < -0.4 is 5.32 Å². The molecule has 2 heterocycles. The van der Waals surface area contributed by atoms with Gasteiger partial charge in [-0.15, -0.1) is 0 Å². The Hall–Kier alpha value is -2.39. The third-order valence-corrected chi connectivity index (χ3v) is 3.40. The Morgan fingerprint density at radius 2 is 2.17 bits per heavy atom. The first-order valence-corrected chi connectivity index (χ1v) is 7.16. The van der Waals surface area contributed by atoms with E-state index < -0.39 is 23.8 Å². The molecule has 1 aliphatic heterocycles. The molecule has 9 heteroatoms. The van der Waals surface area contributed by atoms with Crippen LogP contribution in [0.3, 0.4) is 0 Å². The average Bonchev–Trinajstić information content (AvgIpc) is 3.03. The maximum absolute atomic E-state index is 12.8. The van der Waals surface area contributed by atoms with Gasteiger partial charge in [-0.1, -0.05) is 6.07 Å². The molecule has 1 amide bonds. The molecule has 1 fully saturated rings. The van der Waals surface area contributed by atoms with Crippen LogP contribution in [0.2, 0.25) is 0 Å². The van der Waals surface area contributed by atoms with Crippen molar-refractivity contribution in [2.45, 2.75) is 12.3 Å². The Kier molecular flexibility index (Phi) is 4.54. The van der Waals surface area contributed by atoms with Crippen LogP contribution in [-0.2, 0) is 20.4 Å². The minimum Gasteiger partial charge on any atom is -0.376 e. The SMILES string of the molecule is O=C(Nc1cnn(-c2cccc(C(F)(F)F)c2)c1)C1COCCO1. The molecule has 0 radical (unpaired) electrons. The van der Waals surface area contributed by atoms with Gasteiger partial charge < -0.3 is 14.8 Å². The van der Waals surface area contributed by atoms with Crippen molar-refractivity contribution in [3.8, 4) is 5.69 Å². The molecule has 1 saturated heterocycles. The third-order valence-electron chi connectivity index (χ3n) is 3.40. The molecule has 1 aromatic carbocycles. The molecular weight excluding hydrogens is 327 g/mol. The lowest BCUT2D eigenvalue weighted by molar-refractivity contribution is -0.142. The van der Waals surface area contributed by atoms with Gasteiger partial charge >= 0.3 is 6.18 Å². The van der Waals surface area contributed by atoms with E-state index in [4.69, 9.17) is 9.47 Å². The van der Waals surface area contributed by atoms with E-state index in [-0.39, 0.29) is 12.3 Å². The Labute approximate surface area is 135 Å². The first-order valence-electron chi connectivity index (χ1n) is 7.16. The summed E-state index contributed by atoms with van der Waals surface area (Å²) in [6, 6.07) is 4.75. The Bertz CT molecular complexity index is 724. The zero-order chi connectivity index (χ0) is 17.2. The molecule has 2 aromatic rings. The second-order valence-corrected chi connectivity index (χ2v) is 5.15. The molecule has 1 N–H and O–H groups in total. The van der Waals surface area contributed by atoms with Crippen molar-refractivity contribution in [1.82, 2.24) is 9.78 Å². The molecule has 6 nitrogen and oxygen atoms in total. The number of hydrogen-bond donors (Lipinski definition) is 1. The van der Waals surface area contributed by atoms with Crippen LogP contribution in [0.25, 0.3) is 5.69 Å². The van der Waals surface area contributed by atoms with E-state index >= 15 is 0 Å². The number of alkyl halides is 3. The molecule has 1 aromatic heterocycles. The van der Waals surface area contributed by atoms with Crippen molar-refractivity contribution in [2.75, 3.05) is 25.1 Å². The number of carbonyl (C=O) groups excluding carboxylic acids is 1. The topological polar surface area (TPSA) is 65.4 Å². The van der Waals surface area contributed by atoms with Crippen LogP contribution in [0.4, 0.5) is 18.9 Å². The fourth-order valence-corrected chi connectivity index (χ4v) is 2.22. The van der Waals surface area contributed by atoms with Gasteiger partial charge in [0.25, 0.3) is 5.91 Å². The summed E-state index contributed by atoms with van der Waals surface area (Å²) in [5, 5.41) is 6.57. The van der Waals surface area contributed by atoms with E-state index in [1.807, 2.05) is 0 Å². The molecule has 0 aliphatic carbocycles. The van der Waals surface area contributed by atoms with Crippen LogP contribution in [-0.4, -0.2) is 41.6 Å². The minimum atomic E-state index is -4.43. The zero-order valence-electron chi connectivity index (χ0n) is 12.4. The van der Waals surface area contributed by atoms with E-state index in [1.54, 1.807) is 0 Å². The number of ether oxygens (including phenoxy) is 2. The lowest BCUT2D eigenvalue weighted by Gasteiger charge is -2.21. The molecule has 0 bridgehead atoms. The van der Waals surface area contributed by atoms with E-state index in [1.165, 1.54) is 29.2 Å². The number of anilines is 1. The normalized spacial score (nSPS) is 18.4. The molecule has 24 heavy (non-hydrogen) atoms. The monoisotopic (exact) mass is 341 g/mol. The van der Waals surface area contributed by atoms with Gasteiger partial charge in [-0.2, -0.15) is 18.3 Å². The number of rotatable bonds is 3. The molecule has 3 rings (SSSR count). The van der Waals surface area contributed by atoms with Gasteiger partial charge in [0, 0.05) is 0 Å². The summed E-state index contributed by atoms with van der Waals surface area (Å²) in [5.41, 5.74) is -0.178. The van der Waals surface area contributed by atoms with Gasteiger partial charge in [-0.25, -0.2) is 4.68 Å². The van der Waals surface area contributed by atoms with Gasteiger partial charge in [-0.3, -0.25) is 4.79 Å². The molecule has 1 atom stereocenters. The first kappa shape index (κ1) is 16.5. The zero-order valence-corrected chi connectivity index (χ0v) is 12.4. The Morgan fingerprint density at radius 1 is 1.33 bits per heavy atom.